The number of aromatic nitrogens is 1. The number of benzene rings is 2. The summed E-state index contributed by atoms with van der Waals surface area (Å²) in [5.74, 6) is 0. The van der Waals surface area contributed by atoms with Gasteiger partial charge in [-0.15, -0.1) is 0 Å². The van der Waals surface area contributed by atoms with Crippen LogP contribution in [0.1, 0.15) is 42.9 Å². The van der Waals surface area contributed by atoms with Gasteiger partial charge in [-0.2, -0.15) is 0 Å². The largest absolute Gasteiger partial charge is 0.248 e. The van der Waals surface area contributed by atoms with E-state index in [1.165, 1.54) is 46.9 Å². The zero-order valence-corrected chi connectivity index (χ0v) is 14.4. The van der Waals surface area contributed by atoms with Crippen molar-refractivity contribution in [1.82, 2.24) is 4.98 Å². The van der Waals surface area contributed by atoms with Crippen molar-refractivity contribution in [2.45, 2.75) is 46.5 Å². The van der Waals surface area contributed by atoms with Crippen molar-refractivity contribution in [3.05, 3.63) is 65.2 Å². The molecule has 0 saturated carbocycles. The molecule has 0 fully saturated rings. The van der Waals surface area contributed by atoms with Gasteiger partial charge in [-0.3, -0.25) is 0 Å². The normalized spacial score (nSPS) is 11.1. The van der Waals surface area contributed by atoms with Gasteiger partial charge < -0.3 is 0 Å². The average molecular weight is 303 g/mol. The van der Waals surface area contributed by atoms with Gasteiger partial charge in [0.25, 0.3) is 0 Å². The average Bonchev–Trinajstić information content (AvgIpc) is 2.56. The number of hydrogen-bond donors (Lipinski definition) is 0. The van der Waals surface area contributed by atoms with Crippen LogP contribution >= 0.6 is 0 Å². The van der Waals surface area contributed by atoms with Gasteiger partial charge >= 0.3 is 0 Å². The Balaban J connectivity index is 2.08. The predicted molar refractivity (Wildman–Crippen MR) is 99.9 cm³/mol. The van der Waals surface area contributed by atoms with Crippen LogP contribution in [0.5, 0.6) is 0 Å². The summed E-state index contributed by atoms with van der Waals surface area (Å²) in [6.07, 6.45) is 4.93. The van der Waals surface area contributed by atoms with E-state index >= 15 is 0 Å². The van der Waals surface area contributed by atoms with Crippen LogP contribution in [-0.2, 0) is 6.42 Å². The lowest BCUT2D eigenvalue weighted by atomic mass is 9.98. The minimum atomic E-state index is 1.09. The minimum Gasteiger partial charge on any atom is -0.248 e. The summed E-state index contributed by atoms with van der Waals surface area (Å²) in [4.78, 5) is 4.91. The zero-order valence-electron chi connectivity index (χ0n) is 14.4. The molecule has 1 heterocycles. The van der Waals surface area contributed by atoms with Crippen LogP contribution in [0.25, 0.3) is 22.2 Å². The summed E-state index contributed by atoms with van der Waals surface area (Å²) in [6.45, 7) is 6.53. The smallest absolute Gasteiger partial charge is 0.0712 e. The molecular weight excluding hydrogens is 278 g/mol. The summed E-state index contributed by atoms with van der Waals surface area (Å²) in [6, 6.07) is 17.6. The topological polar surface area (TPSA) is 12.9 Å². The first-order valence-corrected chi connectivity index (χ1v) is 8.64. The Morgan fingerprint density at radius 2 is 1.57 bits per heavy atom. The molecule has 0 aliphatic rings. The van der Waals surface area contributed by atoms with Crippen LogP contribution in [0.2, 0.25) is 0 Å². The van der Waals surface area contributed by atoms with E-state index in [2.05, 4.69) is 69.3 Å². The molecule has 0 N–H and O–H groups in total. The summed E-state index contributed by atoms with van der Waals surface area (Å²) in [5, 5.41) is 1.32. The van der Waals surface area contributed by atoms with E-state index in [-0.39, 0.29) is 0 Å². The maximum atomic E-state index is 4.91. The number of aryl methyl sites for hydroxylation is 3. The van der Waals surface area contributed by atoms with Gasteiger partial charge in [-0.05, 0) is 50.5 Å². The Morgan fingerprint density at radius 3 is 2.30 bits per heavy atom. The lowest BCUT2D eigenvalue weighted by Crippen LogP contribution is -1.94. The lowest BCUT2D eigenvalue weighted by molar-refractivity contribution is 0.719. The quantitative estimate of drug-likeness (QED) is 0.507. The van der Waals surface area contributed by atoms with Crippen molar-refractivity contribution in [2.75, 3.05) is 0 Å². The molecule has 0 unspecified atom stereocenters. The summed E-state index contributed by atoms with van der Waals surface area (Å²) in [5.41, 5.74) is 7.43. The van der Waals surface area contributed by atoms with E-state index in [1.54, 1.807) is 0 Å². The van der Waals surface area contributed by atoms with Gasteiger partial charge in [-0.25, -0.2) is 4.98 Å². The van der Waals surface area contributed by atoms with Gasteiger partial charge in [0.15, 0.2) is 0 Å². The van der Waals surface area contributed by atoms with E-state index in [0.29, 0.717) is 0 Å². The SMILES string of the molecule is CCCCCc1cc(-c2ccc(C)cc2)nc2ccc(C)cc12. The molecule has 2 aromatic carbocycles. The van der Waals surface area contributed by atoms with E-state index in [9.17, 15) is 0 Å². The lowest BCUT2D eigenvalue weighted by Gasteiger charge is -2.11. The fourth-order valence-corrected chi connectivity index (χ4v) is 3.05. The van der Waals surface area contributed by atoms with Crippen LogP contribution in [-0.4, -0.2) is 4.98 Å². The van der Waals surface area contributed by atoms with Crippen molar-refractivity contribution in [1.29, 1.82) is 0 Å². The molecule has 0 radical (unpaired) electrons. The highest BCUT2D eigenvalue weighted by atomic mass is 14.7. The van der Waals surface area contributed by atoms with Crippen molar-refractivity contribution in [2.24, 2.45) is 0 Å². The van der Waals surface area contributed by atoms with Crippen LogP contribution in [0, 0.1) is 13.8 Å². The first-order chi connectivity index (χ1) is 11.2. The third-order valence-corrected chi connectivity index (χ3v) is 4.45. The van der Waals surface area contributed by atoms with Crippen LogP contribution in [0.3, 0.4) is 0 Å². The Kier molecular flexibility index (Phi) is 4.76. The van der Waals surface area contributed by atoms with Crippen LogP contribution in [0.15, 0.2) is 48.5 Å². The third-order valence-electron chi connectivity index (χ3n) is 4.45. The minimum absolute atomic E-state index is 1.09. The molecule has 1 nitrogen and oxygen atoms in total. The third kappa shape index (κ3) is 3.61. The van der Waals surface area contributed by atoms with E-state index < -0.39 is 0 Å². The molecule has 118 valence electrons. The zero-order chi connectivity index (χ0) is 16.2. The maximum absolute atomic E-state index is 4.91. The fourth-order valence-electron chi connectivity index (χ4n) is 3.05. The molecule has 3 rings (SSSR count). The van der Waals surface area contributed by atoms with Crippen molar-refractivity contribution >= 4 is 10.9 Å². The van der Waals surface area contributed by atoms with E-state index in [0.717, 1.165) is 17.6 Å². The highest BCUT2D eigenvalue weighted by molar-refractivity contribution is 5.85. The second-order valence-electron chi connectivity index (χ2n) is 6.51. The molecule has 0 amide bonds. The Morgan fingerprint density at radius 1 is 0.826 bits per heavy atom. The molecular formula is C22H25N. The molecule has 0 aliphatic heterocycles. The predicted octanol–water partition coefficient (Wildman–Crippen LogP) is 6.25. The van der Waals surface area contributed by atoms with E-state index in [1.807, 2.05) is 0 Å². The second-order valence-corrected chi connectivity index (χ2v) is 6.51. The van der Waals surface area contributed by atoms with Gasteiger partial charge in [0.2, 0.25) is 0 Å². The second kappa shape index (κ2) is 6.95. The number of pyridine rings is 1. The van der Waals surface area contributed by atoms with Crippen molar-refractivity contribution in [3.8, 4) is 11.3 Å². The number of rotatable bonds is 5. The number of nitrogens with zero attached hydrogens (tertiary/aromatic N) is 1. The molecule has 0 aliphatic carbocycles. The molecule has 1 heteroatoms. The summed E-state index contributed by atoms with van der Waals surface area (Å²) < 4.78 is 0. The van der Waals surface area contributed by atoms with Crippen molar-refractivity contribution < 1.29 is 0 Å². The summed E-state index contributed by atoms with van der Waals surface area (Å²) in [7, 11) is 0. The molecule has 0 saturated heterocycles. The van der Waals surface area contributed by atoms with E-state index in [4.69, 9.17) is 4.98 Å². The van der Waals surface area contributed by atoms with Crippen molar-refractivity contribution in [3.63, 3.8) is 0 Å². The first kappa shape index (κ1) is 15.7. The van der Waals surface area contributed by atoms with Gasteiger partial charge in [-0.1, -0.05) is 61.2 Å². The monoisotopic (exact) mass is 303 g/mol. The maximum Gasteiger partial charge on any atom is 0.0712 e. The Labute approximate surface area is 139 Å². The highest BCUT2D eigenvalue weighted by Crippen LogP contribution is 2.27. The molecule has 1 aromatic heterocycles. The first-order valence-electron chi connectivity index (χ1n) is 8.64. The van der Waals surface area contributed by atoms with Gasteiger partial charge in [0.1, 0.15) is 0 Å². The van der Waals surface area contributed by atoms with Crippen LogP contribution < -0.4 is 0 Å². The molecule has 0 bridgehead atoms. The highest BCUT2D eigenvalue weighted by Gasteiger charge is 2.08. The number of hydrogen-bond acceptors (Lipinski definition) is 1. The Hall–Kier alpha value is -2.15. The summed E-state index contributed by atoms with van der Waals surface area (Å²) >= 11 is 0. The van der Waals surface area contributed by atoms with Gasteiger partial charge in [0.05, 0.1) is 11.2 Å². The number of unbranched alkanes of at least 4 members (excludes halogenated alkanes) is 2. The standard InChI is InChI=1S/C22H25N/c1-4-5-6-7-19-15-22(18-11-8-16(2)9-12-18)23-21-13-10-17(3)14-20(19)21/h8-15H,4-7H2,1-3H3. The molecule has 23 heavy (non-hydrogen) atoms. The fraction of sp³-hybridized carbons (Fsp3) is 0.318. The molecule has 0 spiro atoms. The number of fused-ring (bicyclic) bond motifs is 1. The van der Waals surface area contributed by atoms with Gasteiger partial charge in [0, 0.05) is 10.9 Å². The molecule has 0 atom stereocenters. The Bertz CT molecular complexity index is 800. The van der Waals surface area contributed by atoms with Crippen LogP contribution in [0.4, 0.5) is 0 Å². The molecule has 3 aromatic rings.